The minimum absolute atomic E-state index is 0.532. The van der Waals surface area contributed by atoms with Crippen molar-refractivity contribution in [2.45, 2.75) is 58.8 Å². The molecule has 0 amide bonds. The van der Waals surface area contributed by atoms with Gasteiger partial charge in [0, 0.05) is 23.0 Å². The zero-order valence-electron chi connectivity index (χ0n) is 14.3. The molecule has 0 atom stereocenters. The first-order chi connectivity index (χ1) is 11.2. The molecule has 1 aromatic carbocycles. The van der Waals surface area contributed by atoms with E-state index in [1.165, 1.54) is 35.5 Å². The van der Waals surface area contributed by atoms with Crippen LogP contribution in [-0.2, 0) is 6.42 Å². The van der Waals surface area contributed by atoms with Gasteiger partial charge < -0.3 is 5.32 Å². The number of aromatic nitrogens is 2. The first kappa shape index (κ1) is 16.4. The van der Waals surface area contributed by atoms with Crippen LogP contribution in [0.5, 0.6) is 0 Å². The van der Waals surface area contributed by atoms with Crippen molar-refractivity contribution in [1.29, 1.82) is 0 Å². The Morgan fingerprint density at radius 3 is 2.78 bits per heavy atom. The Morgan fingerprint density at radius 2 is 2.04 bits per heavy atom. The summed E-state index contributed by atoms with van der Waals surface area (Å²) < 4.78 is 2.09. The van der Waals surface area contributed by atoms with Crippen molar-refractivity contribution in [3.8, 4) is 5.69 Å². The molecule has 0 bridgehead atoms. The number of nitrogens with one attached hydrogen (secondary N) is 1. The number of hydrogen-bond donors (Lipinski definition) is 1. The number of aryl methyl sites for hydroxylation is 1. The van der Waals surface area contributed by atoms with E-state index >= 15 is 0 Å². The molecule has 0 radical (unpaired) electrons. The third-order valence-electron chi connectivity index (χ3n) is 4.93. The number of rotatable bonds is 4. The zero-order valence-corrected chi connectivity index (χ0v) is 15.1. The number of benzene rings is 1. The largest absolute Gasteiger partial charge is 0.370 e. The minimum Gasteiger partial charge on any atom is -0.370 e. The van der Waals surface area contributed by atoms with Crippen molar-refractivity contribution < 1.29 is 0 Å². The van der Waals surface area contributed by atoms with Crippen molar-refractivity contribution >= 4 is 17.4 Å². The number of hydrogen-bond acceptors (Lipinski definition) is 2. The lowest BCUT2D eigenvalue weighted by Gasteiger charge is -2.12. The molecular formula is C19H26ClN3. The van der Waals surface area contributed by atoms with Crippen LogP contribution in [0.2, 0.25) is 5.02 Å². The van der Waals surface area contributed by atoms with Crippen LogP contribution in [0, 0.1) is 6.92 Å². The third-order valence-corrected chi connectivity index (χ3v) is 5.17. The molecule has 1 N–H and O–H groups in total. The Hall–Kier alpha value is -1.48. The second-order valence-electron chi connectivity index (χ2n) is 6.45. The molecule has 3 nitrogen and oxygen atoms in total. The topological polar surface area (TPSA) is 29.9 Å². The van der Waals surface area contributed by atoms with Gasteiger partial charge in [0.25, 0.3) is 0 Å². The molecule has 2 aromatic rings. The van der Waals surface area contributed by atoms with Crippen LogP contribution < -0.4 is 5.32 Å². The fourth-order valence-electron chi connectivity index (χ4n) is 3.52. The van der Waals surface area contributed by atoms with E-state index in [4.69, 9.17) is 16.7 Å². The van der Waals surface area contributed by atoms with E-state index in [1.807, 2.05) is 12.1 Å². The van der Waals surface area contributed by atoms with Crippen LogP contribution in [-0.4, -0.2) is 16.3 Å². The fourth-order valence-corrected chi connectivity index (χ4v) is 3.68. The average Bonchev–Trinajstić information content (AvgIpc) is 2.73. The molecule has 0 unspecified atom stereocenters. The number of fused-ring (bicyclic) bond motifs is 1. The number of anilines is 1. The summed E-state index contributed by atoms with van der Waals surface area (Å²) in [5, 5.41) is 9.42. The maximum absolute atomic E-state index is 6.24. The Balaban J connectivity index is 2.18. The zero-order chi connectivity index (χ0) is 16.4. The van der Waals surface area contributed by atoms with Crippen LogP contribution in [0.15, 0.2) is 18.2 Å². The Morgan fingerprint density at radius 1 is 1.26 bits per heavy atom. The molecule has 124 valence electrons. The number of halogens is 1. The van der Waals surface area contributed by atoms with Crippen molar-refractivity contribution in [3.63, 3.8) is 0 Å². The molecular weight excluding hydrogens is 306 g/mol. The number of nitrogens with zero attached hydrogens (tertiary/aromatic N) is 2. The van der Waals surface area contributed by atoms with E-state index in [0.29, 0.717) is 5.92 Å². The third kappa shape index (κ3) is 3.12. The van der Waals surface area contributed by atoms with Gasteiger partial charge >= 0.3 is 0 Å². The van der Waals surface area contributed by atoms with Crippen LogP contribution in [0.25, 0.3) is 5.69 Å². The molecule has 0 aliphatic carbocycles. The molecule has 0 saturated heterocycles. The minimum atomic E-state index is 0.532. The molecule has 1 aliphatic rings. The highest BCUT2D eigenvalue weighted by molar-refractivity contribution is 6.30. The van der Waals surface area contributed by atoms with E-state index in [2.05, 4.69) is 36.8 Å². The molecule has 0 spiro atoms. The van der Waals surface area contributed by atoms with Crippen molar-refractivity contribution in [2.24, 2.45) is 0 Å². The molecule has 4 heteroatoms. The van der Waals surface area contributed by atoms with Crippen molar-refractivity contribution in [1.82, 2.24) is 9.78 Å². The lowest BCUT2D eigenvalue weighted by molar-refractivity contribution is 0.605. The van der Waals surface area contributed by atoms with Gasteiger partial charge in [-0.15, -0.1) is 0 Å². The first-order valence-corrected chi connectivity index (χ1v) is 9.15. The Labute approximate surface area is 144 Å². The maximum atomic E-state index is 6.24. The summed E-state index contributed by atoms with van der Waals surface area (Å²) in [4.78, 5) is 0. The van der Waals surface area contributed by atoms with Crippen LogP contribution in [0.1, 0.15) is 62.3 Å². The molecule has 3 rings (SSSR count). The summed E-state index contributed by atoms with van der Waals surface area (Å²) >= 11 is 6.24. The summed E-state index contributed by atoms with van der Waals surface area (Å²) in [5.74, 6) is 1.71. The second kappa shape index (κ2) is 6.96. The van der Waals surface area contributed by atoms with Gasteiger partial charge in [0.05, 0.1) is 11.4 Å². The molecule has 0 fully saturated rings. The summed E-state index contributed by atoms with van der Waals surface area (Å²) in [5.41, 5.74) is 4.97. The smallest absolute Gasteiger partial charge is 0.133 e. The van der Waals surface area contributed by atoms with E-state index in [1.54, 1.807) is 0 Å². The molecule has 23 heavy (non-hydrogen) atoms. The predicted octanol–water partition coefficient (Wildman–Crippen LogP) is 5.49. The summed E-state index contributed by atoms with van der Waals surface area (Å²) in [6, 6.07) is 6.03. The van der Waals surface area contributed by atoms with Gasteiger partial charge in [-0.2, -0.15) is 5.10 Å². The molecule has 1 aliphatic heterocycles. The quantitative estimate of drug-likeness (QED) is 0.803. The average molecular weight is 332 g/mol. The predicted molar refractivity (Wildman–Crippen MR) is 98.1 cm³/mol. The van der Waals surface area contributed by atoms with Gasteiger partial charge in [0.15, 0.2) is 0 Å². The highest BCUT2D eigenvalue weighted by Gasteiger charge is 2.24. The lowest BCUT2D eigenvalue weighted by Crippen LogP contribution is -2.08. The highest BCUT2D eigenvalue weighted by Crippen LogP contribution is 2.35. The fraction of sp³-hybridized carbons (Fsp3) is 0.526. The van der Waals surface area contributed by atoms with Crippen LogP contribution >= 0.6 is 11.6 Å². The van der Waals surface area contributed by atoms with Crippen molar-refractivity contribution in [3.05, 3.63) is 40.0 Å². The molecule has 1 aromatic heterocycles. The standard InChI is InChI=1S/C19H26ClN3/c1-4-14(5-2)18-16-8-6-7-11-21-19(16)23(22-18)17-12-15(20)10-9-13(17)3/h9-10,12,14,21H,4-8,11H2,1-3H3. The second-order valence-corrected chi connectivity index (χ2v) is 6.89. The van der Waals surface area contributed by atoms with Gasteiger partial charge in [-0.1, -0.05) is 31.5 Å². The van der Waals surface area contributed by atoms with Crippen LogP contribution in [0.3, 0.4) is 0 Å². The normalized spacial score (nSPS) is 14.5. The monoisotopic (exact) mass is 331 g/mol. The molecule has 2 heterocycles. The Kier molecular flexibility index (Phi) is 4.96. The summed E-state index contributed by atoms with van der Waals surface area (Å²) in [6.45, 7) is 7.65. The highest BCUT2D eigenvalue weighted by atomic mass is 35.5. The van der Waals surface area contributed by atoms with Crippen molar-refractivity contribution in [2.75, 3.05) is 11.9 Å². The van der Waals surface area contributed by atoms with Gasteiger partial charge in [-0.3, -0.25) is 0 Å². The Bertz CT molecular complexity index is 686. The van der Waals surface area contributed by atoms with Gasteiger partial charge in [-0.25, -0.2) is 4.68 Å². The first-order valence-electron chi connectivity index (χ1n) is 8.77. The van der Waals surface area contributed by atoms with Gasteiger partial charge in [0.2, 0.25) is 0 Å². The lowest BCUT2D eigenvalue weighted by atomic mass is 9.94. The van der Waals surface area contributed by atoms with E-state index in [0.717, 1.165) is 36.5 Å². The van der Waals surface area contributed by atoms with Gasteiger partial charge in [-0.05, 0) is 56.7 Å². The SMILES string of the molecule is CCC(CC)c1nn(-c2cc(Cl)ccc2C)c2c1CCCCN2. The summed E-state index contributed by atoms with van der Waals surface area (Å²) in [7, 11) is 0. The van der Waals surface area contributed by atoms with Gasteiger partial charge in [0.1, 0.15) is 5.82 Å². The summed E-state index contributed by atoms with van der Waals surface area (Å²) in [6.07, 6.45) is 5.83. The van der Waals surface area contributed by atoms with E-state index < -0.39 is 0 Å². The van der Waals surface area contributed by atoms with E-state index in [9.17, 15) is 0 Å². The molecule has 0 saturated carbocycles. The van der Waals surface area contributed by atoms with E-state index in [-0.39, 0.29) is 0 Å². The van der Waals surface area contributed by atoms with Crippen LogP contribution in [0.4, 0.5) is 5.82 Å². The maximum Gasteiger partial charge on any atom is 0.133 e.